The molecule has 1 aromatic heterocycles. The average Bonchev–Trinajstić information content (AvgIpc) is 2.32. The molecule has 0 radical (unpaired) electrons. The number of carbonyl (C=O) groups is 1. The Balaban J connectivity index is 2.19. The Kier molecular flexibility index (Phi) is 3.99. The first-order chi connectivity index (χ1) is 8.56. The van der Waals surface area contributed by atoms with E-state index in [-0.39, 0.29) is 5.91 Å². The first kappa shape index (κ1) is 13.1. The molecule has 1 heterocycles. The van der Waals surface area contributed by atoms with Crippen molar-refractivity contribution in [3.63, 3.8) is 0 Å². The van der Waals surface area contributed by atoms with E-state index in [4.69, 9.17) is 11.6 Å². The molecule has 5 heteroatoms. The molecule has 0 aliphatic heterocycles. The zero-order chi connectivity index (χ0) is 13.1. The third kappa shape index (κ3) is 3.09. The molecule has 0 unspecified atom stereocenters. The van der Waals surface area contributed by atoms with E-state index in [1.165, 1.54) is 0 Å². The van der Waals surface area contributed by atoms with Crippen LogP contribution in [-0.4, -0.2) is 10.9 Å². The summed E-state index contributed by atoms with van der Waals surface area (Å²) in [4.78, 5) is 15.9. The lowest BCUT2D eigenvalue weighted by atomic mass is 10.1. The monoisotopic (exact) mass is 324 g/mol. The van der Waals surface area contributed by atoms with Crippen LogP contribution in [0.3, 0.4) is 0 Å². The fraction of sp³-hybridized carbons (Fsp3) is 0.0769. The van der Waals surface area contributed by atoms with Crippen LogP contribution in [-0.2, 0) is 0 Å². The molecule has 0 atom stereocenters. The lowest BCUT2D eigenvalue weighted by Crippen LogP contribution is -2.12. The fourth-order valence-electron chi connectivity index (χ4n) is 1.47. The van der Waals surface area contributed by atoms with Crippen LogP contribution in [0.2, 0.25) is 5.15 Å². The molecule has 2 aromatic rings. The van der Waals surface area contributed by atoms with Crippen molar-refractivity contribution in [3.8, 4) is 0 Å². The van der Waals surface area contributed by atoms with Gasteiger partial charge in [0.15, 0.2) is 0 Å². The van der Waals surface area contributed by atoms with E-state index in [1.54, 1.807) is 24.4 Å². The van der Waals surface area contributed by atoms with E-state index in [9.17, 15) is 4.79 Å². The van der Waals surface area contributed by atoms with Crippen molar-refractivity contribution in [2.24, 2.45) is 0 Å². The van der Waals surface area contributed by atoms with Crippen LogP contribution < -0.4 is 5.32 Å². The number of carbonyl (C=O) groups excluding carboxylic acids is 1. The van der Waals surface area contributed by atoms with Crippen LogP contribution in [0.25, 0.3) is 0 Å². The summed E-state index contributed by atoms with van der Waals surface area (Å²) >= 11 is 9.15. The Morgan fingerprint density at radius 1 is 1.33 bits per heavy atom. The number of aryl methyl sites for hydroxylation is 1. The van der Waals surface area contributed by atoms with Crippen molar-refractivity contribution in [3.05, 3.63) is 57.3 Å². The lowest BCUT2D eigenvalue weighted by molar-refractivity contribution is 0.102. The Hall–Kier alpha value is -1.39. The van der Waals surface area contributed by atoms with Crippen LogP contribution in [0, 0.1) is 6.92 Å². The van der Waals surface area contributed by atoms with Gasteiger partial charge in [-0.05, 0) is 42.8 Å². The largest absolute Gasteiger partial charge is 0.322 e. The van der Waals surface area contributed by atoms with Gasteiger partial charge in [-0.2, -0.15) is 0 Å². The summed E-state index contributed by atoms with van der Waals surface area (Å²) in [5.41, 5.74) is 2.24. The molecule has 2 rings (SSSR count). The Morgan fingerprint density at radius 3 is 2.78 bits per heavy atom. The molecule has 0 aliphatic rings. The first-order valence-corrected chi connectivity index (χ1v) is 6.42. The summed E-state index contributed by atoms with van der Waals surface area (Å²) in [6.45, 7) is 1.93. The molecule has 0 spiro atoms. The number of pyridine rings is 1. The molecule has 0 fully saturated rings. The molecule has 0 bridgehead atoms. The maximum Gasteiger partial charge on any atom is 0.255 e. The average molecular weight is 326 g/mol. The van der Waals surface area contributed by atoms with E-state index in [0.717, 1.165) is 10.0 Å². The number of benzene rings is 1. The molecule has 1 amide bonds. The van der Waals surface area contributed by atoms with Gasteiger partial charge in [0.05, 0.1) is 0 Å². The summed E-state index contributed by atoms with van der Waals surface area (Å²) in [5.74, 6) is -0.173. The van der Waals surface area contributed by atoms with Crippen molar-refractivity contribution in [1.82, 2.24) is 4.98 Å². The highest BCUT2D eigenvalue weighted by Gasteiger charge is 2.07. The van der Waals surface area contributed by atoms with Crippen LogP contribution in [0.15, 0.2) is 41.0 Å². The molecule has 92 valence electrons. The molecule has 3 nitrogen and oxygen atoms in total. The number of amides is 1. The Labute approximate surface area is 118 Å². The third-order valence-corrected chi connectivity index (χ3v) is 3.50. The third-order valence-electron chi connectivity index (χ3n) is 2.40. The topological polar surface area (TPSA) is 42.0 Å². The second kappa shape index (κ2) is 5.50. The number of nitrogens with zero attached hydrogens (tertiary/aromatic N) is 1. The van der Waals surface area contributed by atoms with Crippen LogP contribution in [0.5, 0.6) is 0 Å². The van der Waals surface area contributed by atoms with Gasteiger partial charge >= 0.3 is 0 Å². The van der Waals surface area contributed by atoms with Gasteiger partial charge in [0.1, 0.15) is 5.15 Å². The number of hydrogen-bond acceptors (Lipinski definition) is 2. The summed E-state index contributed by atoms with van der Waals surface area (Å²) < 4.78 is 0.978. The standard InChI is InChI=1S/C13H10BrClN2O/c1-8-6-9(2-3-11(8)14)13(18)17-10-4-5-16-12(15)7-10/h2-7H,1H3,(H,16,17,18). The quantitative estimate of drug-likeness (QED) is 0.846. The minimum atomic E-state index is -0.173. The van der Waals surface area contributed by atoms with Gasteiger partial charge in [0.2, 0.25) is 0 Å². The van der Waals surface area contributed by atoms with Crippen LogP contribution >= 0.6 is 27.5 Å². The van der Waals surface area contributed by atoms with Crippen molar-refractivity contribution in [2.45, 2.75) is 6.92 Å². The smallest absolute Gasteiger partial charge is 0.255 e. The maximum absolute atomic E-state index is 12.0. The van der Waals surface area contributed by atoms with Gasteiger partial charge < -0.3 is 5.32 Å². The first-order valence-electron chi connectivity index (χ1n) is 5.25. The van der Waals surface area contributed by atoms with Gasteiger partial charge in [-0.15, -0.1) is 0 Å². The molecule has 1 aromatic carbocycles. The van der Waals surface area contributed by atoms with E-state index >= 15 is 0 Å². The lowest BCUT2D eigenvalue weighted by Gasteiger charge is -2.06. The summed E-state index contributed by atoms with van der Waals surface area (Å²) in [6.07, 6.45) is 1.55. The fourth-order valence-corrected chi connectivity index (χ4v) is 1.89. The van der Waals surface area contributed by atoms with E-state index < -0.39 is 0 Å². The summed E-state index contributed by atoms with van der Waals surface area (Å²) in [6, 6.07) is 8.72. The van der Waals surface area contributed by atoms with Crippen LogP contribution in [0.1, 0.15) is 15.9 Å². The number of aromatic nitrogens is 1. The second-order valence-corrected chi connectivity index (χ2v) is 5.03. The Bertz CT molecular complexity index is 601. The predicted molar refractivity (Wildman–Crippen MR) is 76.1 cm³/mol. The minimum absolute atomic E-state index is 0.173. The summed E-state index contributed by atoms with van der Waals surface area (Å²) in [7, 11) is 0. The number of hydrogen-bond donors (Lipinski definition) is 1. The molecule has 0 aliphatic carbocycles. The van der Waals surface area contributed by atoms with Gasteiger partial charge in [-0.3, -0.25) is 4.79 Å². The zero-order valence-corrected chi connectivity index (χ0v) is 11.9. The van der Waals surface area contributed by atoms with Gasteiger partial charge in [0.25, 0.3) is 5.91 Å². The molecule has 0 saturated heterocycles. The highest BCUT2D eigenvalue weighted by molar-refractivity contribution is 9.10. The Morgan fingerprint density at radius 2 is 2.11 bits per heavy atom. The van der Waals surface area contributed by atoms with Crippen molar-refractivity contribution < 1.29 is 4.79 Å². The summed E-state index contributed by atoms with van der Waals surface area (Å²) in [5, 5.41) is 3.11. The van der Waals surface area contributed by atoms with Crippen molar-refractivity contribution >= 4 is 39.1 Å². The number of rotatable bonds is 2. The van der Waals surface area contributed by atoms with Gasteiger partial charge in [-0.25, -0.2) is 4.98 Å². The van der Waals surface area contributed by atoms with Crippen molar-refractivity contribution in [1.29, 1.82) is 0 Å². The van der Waals surface area contributed by atoms with E-state index in [0.29, 0.717) is 16.4 Å². The van der Waals surface area contributed by atoms with E-state index in [2.05, 4.69) is 26.2 Å². The SMILES string of the molecule is Cc1cc(C(=O)Nc2ccnc(Cl)c2)ccc1Br. The number of nitrogens with one attached hydrogen (secondary N) is 1. The molecule has 1 N–H and O–H groups in total. The predicted octanol–water partition coefficient (Wildman–Crippen LogP) is 4.06. The van der Waals surface area contributed by atoms with Crippen molar-refractivity contribution in [2.75, 3.05) is 5.32 Å². The van der Waals surface area contributed by atoms with Gasteiger partial charge in [0, 0.05) is 21.9 Å². The molecular formula is C13H10BrClN2O. The highest BCUT2D eigenvalue weighted by atomic mass is 79.9. The second-order valence-electron chi connectivity index (χ2n) is 3.79. The van der Waals surface area contributed by atoms with E-state index in [1.807, 2.05) is 19.1 Å². The molecule has 18 heavy (non-hydrogen) atoms. The minimum Gasteiger partial charge on any atom is -0.322 e. The normalized spacial score (nSPS) is 10.2. The zero-order valence-electron chi connectivity index (χ0n) is 9.58. The number of halogens is 2. The van der Waals surface area contributed by atoms with Crippen LogP contribution in [0.4, 0.5) is 5.69 Å². The molecule has 0 saturated carbocycles. The van der Waals surface area contributed by atoms with Gasteiger partial charge in [-0.1, -0.05) is 27.5 Å². The number of anilines is 1. The molecular weight excluding hydrogens is 316 g/mol. The highest BCUT2D eigenvalue weighted by Crippen LogP contribution is 2.18. The maximum atomic E-state index is 12.0.